The van der Waals surface area contributed by atoms with Gasteiger partial charge in [0.05, 0.1) is 0 Å². The number of carbonyl (C=O) groups excluding carboxylic acids is 2. The second kappa shape index (κ2) is 9.48. The predicted octanol–water partition coefficient (Wildman–Crippen LogP) is 1.41. The first-order valence-electron chi connectivity index (χ1n) is 10.3. The highest BCUT2D eigenvalue weighted by atomic mass is 16.5. The molecule has 0 saturated carbocycles. The zero-order chi connectivity index (χ0) is 22.5. The third-order valence-electron chi connectivity index (χ3n) is 5.01. The van der Waals surface area contributed by atoms with Crippen molar-refractivity contribution in [3.8, 4) is 5.75 Å². The van der Waals surface area contributed by atoms with Gasteiger partial charge in [-0.2, -0.15) is 9.67 Å². The molecule has 32 heavy (non-hydrogen) atoms. The molecule has 166 valence electrons. The van der Waals surface area contributed by atoms with Crippen molar-refractivity contribution >= 4 is 29.4 Å². The van der Waals surface area contributed by atoms with Crippen LogP contribution in [-0.4, -0.2) is 64.3 Å². The van der Waals surface area contributed by atoms with Crippen molar-refractivity contribution in [1.82, 2.24) is 25.0 Å². The minimum absolute atomic E-state index is 0.0203. The van der Waals surface area contributed by atoms with E-state index in [4.69, 9.17) is 10.5 Å². The van der Waals surface area contributed by atoms with Crippen LogP contribution in [0.15, 0.2) is 48.5 Å². The lowest BCUT2D eigenvalue weighted by molar-refractivity contribution is -0.133. The number of ether oxygens (including phenoxy) is 1. The summed E-state index contributed by atoms with van der Waals surface area (Å²) in [6.07, 6.45) is 0. The van der Waals surface area contributed by atoms with E-state index in [2.05, 4.69) is 20.7 Å². The van der Waals surface area contributed by atoms with Gasteiger partial charge in [0.15, 0.2) is 6.61 Å². The van der Waals surface area contributed by atoms with Crippen LogP contribution in [0, 0.1) is 6.92 Å². The molecule has 0 atom stereocenters. The quantitative estimate of drug-likeness (QED) is 0.530. The van der Waals surface area contributed by atoms with Gasteiger partial charge in [0.25, 0.3) is 11.8 Å². The van der Waals surface area contributed by atoms with Crippen LogP contribution in [-0.2, 0) is 4.79 Å². The molecule has 3 aromatic rings. The van der Waals surface area contributed by atoms with Crippen LogP contribution in [0.5, 0.6) is 5.75 Å². The Balaban J connectivity index is 1.41. The van der Waals surface area contributed by atoms with Crippen LogP contribution in [0.3, 0.4) is 0 Å². The number of nitrogen functional groups attached to an aromatic ring is 1. The highest BCUT2D eigenvalue weighted by molar-refractivity contribution is 5.97. The Morgan fingerprint density at radius 2 is 1.94 bits per heavy atom. The molecule has 1 aliphatic heterocycles. The van der Waals surface area contributed by atoms with Crippen LogP contribution in [0.25, 0.3) is 0 Å². The molecule has 1 fully saturated rings. The van der Waals surface area contributed by atoms with Crippen molar-refractivity contribution in [2.24, 2.45) is 0 Å². The van der Waals surface area contributed by atoms with Gasteiger partial charge >= 0.3 is 0 Å². The predicted molar refractivity (Wildman–Crippen MR) is 120 cm³/mol. The molecule has 0 radical (unpaired) electrons. The second-order valence-corrected chi connectivity index (χ2v) is 7.45. The van der Waals surface area contributed by atoms with Crippen LogP contribution in [0.4, 0.5) is 17.6 Å². The third-order valence-corrected chi connectivity index (χ3v) is 5.01. The minimum atomic E-state index is -0.366. The molecule has 1 aromatic heterocycles. The number of aryl methyl sites for hydroxylation is 1. The summed E-state index contributed by atoms with van der Waals surface area (Å²) in [4.78, 5) is 30.9. The summed E-state index contributed by atoms with van der Waals surface area (Å²) >= 11 is 0. The molecule has 2 aromatic carbocycles. The molecule has 0 bridgehead atoms. The summed E-state index contributed by atoms with van der Waals surface area (Å²) in [5, 5.41) is 10.4. The number of nitrogens with zero attached hydrogens (tertiary/aromatic N) is 4. The fraction of sp³-hybridized carbons (Fsp3) is 0.273. The van der Waals surface area contributed by atoms with E-state index in [9.17, 15) is 9.59 Å². The van der Waals surface area contributed by atoms with E-state index in [1.807, 2.05) is 13.0 Å². The van der Waals surface area contributed by atoms with E-state index in [1.165, 1.54) is 0 Å². The van der Waals surface area contributed by atoms with Gasteiger partial charge in [-0.25, -0.2) is 0 Å². The summed E-state index contributed by atoms with van der Waals surface area (Å²) in [7, 11) is 0. The summed E-state index contributed by atoms with van der Waals surface area (Å²) in [6.45, 7) is 4.82. The number of anilines is 3. The van der Waals surface area contributed by atoms with Gasteiger partial charge in [0, 0.05) is 43.5 Å². The van der Waals surface area contributed by atoms with Gasteiger partial charge in [0.2, 0.25) is 11.9 Å². The summed E-state index contributed by atoms with van der Waals surface area (Å²) in [5.74, 6) is 0.273. The van der Waals surface area contributed by atoms with E-state index in [0.29, 0.717) is 30.1 Å². The lowest BCUT2D eigenvalue weighted by Gasteiger charge is -2.27. The Bertz CT molecular complexity index is 1120. The largest absolute Gasteiger partial charge is 0.484 e. The molecule has 0 spiro atoms. The molecule has 10 heteroatoms. The van der Waals surface area contributed by atoms with Crippen molar-refractivity contribution < 1.29 is 14.3 Å². The topological polar surface area (TPSA) is 127 Å². The number of nitrogens with two attached hydrogens (primary N) is 1. The van der Waals surface area contributed by atoms with E-state index >= 15 is 0 Å². The third kappa shape index (κ3) is 5.03. The standard InChI is InChI=1S/C22H25N7O3/c1-15-4-2-5-16(12-15)20(31)29-21(23)26-22(27-29)25-17-6-3-7-18(13-17)32-14-19(30)28-10-8-24-9-11-28/h2-7,12-13,24H,8-11,14H2,1H3,(H3,23,25,26,27). The lowest BCUT2D eigenvalue weighted by Crippen LogP contribution is -2.47. The molecular formula is C22H25N7O3. The van der Waals surface area contributed by atoms with Crippen molar-refractivity contribution in [2.45, 2.75) is 6.92 Å². The number of piperazine rings is 1. The summed E-state index contributed by atoms with van der Waals surface area (Å²) in [5.41, 5.74) is 7.98. The highest BCUT2D eigenvalue weighted by Gasteiger charge is 2.18. The summed E-state index contributed by atoms with van der Waals surface area (Å²) < 4.78 is 6.72. The number of aromatic nitrogens is 3. The van der Waals surface area contributed by atoms with Crippen LogP contribution < -0.4 is 21.1 Å². The number of benzene rings is 2. The Hall–Kier alpha value is -3.92. The highest BCUT2D eigenvalue weighted by Crippen LogP contribution is 2.21. The second-order valence-electron chi connectivity index (χ2n) is 7.45. The summed E-state index contributed by atoms with van der Waals surface area (Å²) in [6, 6.07) is 14.2. The van der Waals surface area contributed by atoms with E-state index in [-0.39, 0.29) is 30.3 Å². The number of nitrogens with one attached hydrogen (secondary N) is 2. The molecule has 2 heterocycles. The van der Waals surface area contributed by atoms with Gasteiger partial charge in [-0.1, -0.05) is 23.8 Å². The van der Waals surface area contributed by atoms with E-state index in [1.54, 1.807) is 47.4 Å². The zero-order valence-electron chi connectivity index (χ0n) is 17.7. The fourth-order valence-corrected chi connectivity index (χ4v) is 3.37. The monoisotopic (exact) mass is 435 g/mol. The molecular weight excluding hydrogens is 410 g/mol. The first-order valence-corrected chi connectivity index (χ1v) is 10.3. The van der Waals surface area contributed by atoms with Crippen molar-refractivity contribution in [3.05, 3.63) is 59.7 Å². The molecule has 0 unspecified atom stereocenters. The molecule has 4 N–H and O–H groups in total. The molecule has 1 aliphatic rings. The number of hydrogen-bond acceptors (Lipinski definition) is 8. The molecule has 4 rings (SSSR count). The van der Waals surface area contributed by atoms with Gasteiger partial charge in [-0.15, -0.1) is 5.10 Å². The number of rotatable bonds is 6. The maximum absolute atomic E-state index is 12.7. The first kappa shape index (κ1) is 21.3. The van der Waals surface area contributed by atoms with Gasteiger partial charge in [-0.05, 0) is 31.2 Å². The zero-order valence-corrected chi connectivity index (χ0v) is 17.7. The maximum atomic E-state index is 12.7. The molecule has 0 aliphatic carbocycles. The lowest BCUT2D eigenvalue weighted by atomic mass is 10.1. The molecule has 1 amide bonds. The van der Waals surface area contributed by atoms with Crippen LogP contribution >= 0.6 is 0 Å². The average molecular weight is 435 g/mol. The average Bonchev–Trinajstić information content (AvgIpc) is 3.17. The normalized spacial score (nSPS) is 13.6. The first-order chi connectivity index (χ1) is 15.5. The van der Waals surface area contributed by atoms with Crippen molar-refractivity contribution in [1.29, 1.82) is 0 Å². The van der Waals surface area contributed by atoms with Gasteiger partial charge in [-0.3, -0.25) is 9.59 Å². The van der Waals surface area contributed by atoms with Gasteiger partial charge in [0.1, 0.15) is 5.75 Å². The Morgan fingerprint density at radius 1 is 1.16 bits per heavy atom. The fourth-order valence-electron chi connectivity index (χ4n) is 3.37. The Kier molecular flexibility index (Phi) is 6.31. The minimum Gasteiger partial charge on any atom is -0.484 e. The van der Waals surface area contributed by atoms with Gasteiger partial charge < -0.3 is 26.0 Å². The smallest absolute Gasteiger partial charge is 0.281 e. The number of carbonyl (C=O) groups is 2. The SMILES string of the molecule is Cc1cccc(C(=O)n2nc(Nc3cccc(OCC(=O)N4CCNCC4)c3)nc2N)c1. The van der Waals surface area contributed by atoms with E-state index < -0.39 is 0 Å². The number of amides is 1. The van der Waals surface area contributed by atoms with Crippen LogP contribution in [0.2, 0.25) is 0 Å². The molecule has 1 saturated heterocycles. The molecule has 10 nitrogen and oxygen atoms in total. The van der Waals surface area contributed by atoms with Crippen molar-refractivity contribution in [3.63, 3.8) is 0 Å². The Morgan fingerprint density at radius 3 is 2.72 bits per heavy atom. The van der Waals surface area contributed by atoms with Crippen LogP contribution in [0.1, 0.15) is 15.9 Å². The maximum Gasteiger partial charge on any atom is 0.281 e. The van der Waals surface area contributed by atoms with E-state index in [0.717, 1.165) is 23.3 Å². The number of hydrogen-bond donors (Lipinski definition) is 3. The Labute approximate surface area is 185 Å². The van der Waals surface area contributed by atoms with Crippen molar-refractivity contribution in [2.75, 3.05) is 43.8 Å².